The Bertz CT molecular complexity index is 439. The van der Waals surface area contributed by atoms with Crippen LogP contribution < -0.4 is 5.73 Å². The van der Waals surface area contributed by atoms with Gasteiger partial charge in [0.1, 0.15) is 5.82 Å². The lowest BCUT2D eigenvalue weighted by Crippen LogP contribution is -2.30. The standard InChI is InChI=1S/C11H14BrN3O2/c12-8-3-9(10(13)14-4-8)11(17)15-2-1-7(5-15)6-16/h3-4,7,16H,1-2,5-6H2,(H2,13,14). The molecule has 0 aliphatic carbocycles. The van der Waals surface area contributed by atoms with Crippen molar-refractivity contribution in [2.75, 3.05) is 25.4 Å². The number of likely N-dealkylation sites (tertiary alicyclic amines) is 1. The molecule has 0 radical (unpaired) electrons. The van der Waals surface area contributed by atoms with Gasteiger partial charge in [-0.05, 0) is 28.4 Å². The van der Waals surface area contributed by atoms with Crippen LogP contribution in [0.4, 0.5) is 5.82 Å². The van der Waals surface area contributed by atoms with Crippen molar-refractivity contribution in [1.29, 1.82) is 0 Å². The van der Waals surface area contributed by atoms with E-state index < -0.39 is 0 Å². The molecule has 1 saturated heterocycles. The lowest BCUT2D eigenvalue weighted by Gasteiger charge is -2.17. The average Bonchev–Trinajstić information content (AvgIpc) is 2.80. The van der Waals surface area contributed by atoms with Gasteiger partial charge in [0.25, 0.3) is 5.91 Å². The van der Waals surface area contributed by atoms with E-state index in [4.69, 9.17) is 10.8 Å². The number of nitrogen functional groups attached to an aromatic ring is 1. The highest BCUT2D eigenvalue weighted by atomic mass is 79.9. The van der Waals surface area contributed by atoms with E-state index in [1.165, 1.54) is 0 Å². The first kappa shape index (κ1) is 12.3. The van der Waals surface area contributed by atoms with E-state index in [1.54, 1.807) is 17.2 Å². The molecule has 1 aliphatic heterocycles. The van der Waals surface area contributed by atoms with E-state index in [1.807, 2.05) is 0 Å². The van der Waals surface area contributed by atoms with E-state index in [0.717, 1.165) is 10.9 Å². The molecule has 2 heterocycles. The number of halogens is 1. The number of hydrogen-bond acceptors (Lipinski definition) is 4. The first-order valence-electron chi connectivity index (χ1n) is 5.43. The van der Waals surface area contributed by atoms with Crippen LogP contribution in [0.5, 0.6) is 0 Å². The minimum atomic E-state index is -0.118. The molecule has 1 aromatic rings. The van der Waals surface area contributed by atoms with Crippen molar-refractivity contribution in [2.45, 2.75) is 6.42 Å². The Morgan fingerprint density at radius 2 is 2.47 bits per heavy atom. The summed E-state index contributed by atoms with van der Waals surface area (Å²) < 4.78 is 0.730. The van der Waals surface area contributed by atoms with Crippen molar-refractivity contribution >= 4 is 27.7 Å². The van der Waals surface area contributed by atoms with Gasteiger partial charge in [-0.3, -0.25) is 4.79 Å². The van der Waals surface area contributed by atoms with Gasteiger partial charge in [0.15, 0.2) is 0 Å². The summed E-state index contributed by atoms with van der Waals surface area (Å²) in [6, 6.07) is 1.68. The summed E-state index contributed by atoms with van der Waals surface area (Å²) in [5.74, 6) is 0.304. The number of aliphatic hydroxyl groups is 1. The maximum atomic E-state index is 12.2. The maximum absolute atomic E-state index is 12.2. The molecule has 6 heteroatoms. The number of carbonyl (C=O) groups excluding carboxylic acids is 1. The van der Waals surface area contributed by atoms with Crippen molar-refractivity contribution in [1.82, 2.24) is 9.88 Å². The summed E-state index contributed by atoms with van der Waals surface area (Å²) in [6.07, 6.45) is 2.40. The number of pyridine rings is 1. The molecular weight excluding hydrogens is 286 g/mol. The number of anilines is 1. The zero-order chi connectivity index (χ0) is 12.4. The third kappa shape index (κ3) is 2.58. The number of aromatic nitrogens is 1. The molecule has 1 unspecified atom stereocenters. The minimum Gasteiger partial charge on any atom is -0.396 e. The number of aliphatic hydroxyl groups excluding tert-OH is 1. The highest BCUT2D eigenvalue weighted by Crippen LogP contribution is 2.22. The van der Waals surface area contributed by atoms with E-state index in [2.05, 4.69) is 20.9 Å². The van der Waals surface area contributed by atoms with Crippen molar-refractivity contribution < 1.29 is 9.90 Å². The van der Waals surface area contributed by atoms with Crippen LogP contribution in [0.25, 0.3) is 0 Å². The van der Waals surface area contributed by atoms with Crippen LogP contribution in [0.2, 0.25) is 0 Å². The largest absolute Gasteiger partial charge is 0.396 e. The van der Waals surface area contributed by atoms with Gasteiger partial charge in [-0.25, -0.2) is 4.98 Å². The number of rotatable bonds is 2. The van der Waals surface area contributed by atoms with Crippen molar-refractivity contribution in [3.8, 4) is 0 Å². The van der Waals surface area contributed by atoms with Crippen molar-refractivity contribution in [2.24, 2.45) is 5.92 Å². The molecule has 0 aromatic carbocycles. The number of carbonyl (C=O) groups is 1. The molecule has 1 atom stereocenters. The van der Waals surface area contributed by atoms with Crippen LogP contribution in [0.15, 0.2) is 16.7 Å². The first-order valence-corrected chi connectivity index (χ1v) is 6.22. The summed E-state index contributed by atoms with van der Waals surface area (Å²) >= 11 is 3.27. The molecule has 1 fully saturated rings. The Kier molecular flexibility index (Phi) is 3.63. The molecule has 0 saturated carbocycles. The molecule has 2 rings (SSSR count). The lowest BCUT2D eigenvalue weighted by atomic mass is 10.1. The molecule has 0 spiro atoms. The summed E-state index contributed by atoms with van der Waals surface area (Å²) in [5.41, 5.74) is 6.11. The topological polar surface area (TPSA) is 79.5 Å². The summed E-state index contributed by atoms with van der Waals surface area (Å²) in [4.78, 5) is 17.8. The normalized spacial score (nSPS) is 19.6. The fourth-order valence-electron chi connectivity index (χ4n) is 1.96. The van der Waals surface area contributed by atoms with Gasteiger partial charge in [-0.15, -0.1) is 0 Å². The van der Waals surface area contributed by atoms with E-state index in [-0.39, 0.29) is 24.2 Å². The smallest absolute Gasteiger partial charge is 0.257 e. The molecule has 0 bridgehead atoms. The molecule has 92 valence electrons. The van der Waals surface area contributed by atoms with Crippen LogP contribution in [0.3, 0.4) is 0 Å². The Hall–Kier alpha value is -1.14. The Morgan fingerprint density at radius 1 is 1.71 bits per heavy atom. The van der Waals surface area contributed by atoms with Crippen molar-refractivity contribution in [3.63, 3.8) is 0 Å². The quantitative estimate of drug-likeness (QED) is 0.850. The number of nitrogens with two attached hydrogens (primary N) is 1. The van der Waals surface area contributed by atoms with E-state index in [9.17, 15) is 4.79 Å². The van der Waals surface area contributed by atoms with Crippen molar-refractivity contribution in [3.05, 3.63) is 22.3 Å². The highest BCUT2D eigenvalue weighted by molar-refractivity contribution is 9.10. The maximum Gasteiger partial charge on any atom is 0.257 e. The Labute approximate surface area is 108 Å². The van der Waals surface area contributed by atoms with Gasteiger partial charge in [-0.2, -0.15) is 0 Å². The fraction of sp³-hybridized carbons (Fsp3) is 0.455. The van der Waals surface area contributed by atoms with E-state index in [0.29, 0.717) is 18.7 Å². The molecule has 5 nitrogen and oxygen atoms in total. The zero-order valence-corrected chi connectivity index (χ0v) is 10.9. The van der Waals surface area contributed by atoms with Gasteiger partial charge < -0.3 is 15.7 Å². The molecule has 1 amide bonds. The highest BCUT2D eigenvalue weighted by Gasteiger charge is 2.27. The van der Waals surface area contributed by atoms with Crippen LogP contribution in [0.1, 0.15) is 16.8 Å². The molecule has 3 N–H and O–H groups in total. The minimum absolute atomic E-state index is 0.118. The van der Waals surface area contributed by atoms with Gasteiger partial charge in [0.2, 0.25) is 0 Å². The second kappa shape index (κ2) is 5.01. The summed E-state index contributed by atoms with van der Waals surface area (Å²) in [7, 11) is 0. The number of hydrogen-bond donors (Lipinski definition) is 2. The predicted molar refractivity (Wildman–Crippen MR) is 67.4 cm³/mol. The Balaban J connectivity index is 2.17. The second-order valence-electron chi connectivity index (χ2n) is 4.17. The molecular formula is C11H14BrN3O2. The third-order valence-corrected chi connectivity index (χ3v) is 3.38. The average molecular weight is 300 g/mol. The van der Waals surface area contributed by atoms with E-state index >= 15 is 0 Å². The summed E-state index contributed by atoms with van der Waals surface area (Å²) in [6.45, 7) is 1.37. The fourth-order valence-corrected chi connectivity index (χ4v) is 2.29. The number of nitrogens with zero attached hydrogens (tertiary/aromatic N) is 2. The second-order valence-corrected chi connectivity index (χ2v) is 5.09. The van der Waals surface area contributed by atoms with Gasteiger partial charge in [0, 0.05) is 36.3 Å². The SMILES string of the molecule is Nc1ncc(Br)cc1C(=O)N1CCC(CO)C1. The first-order chi connectivity index (χ1) is 8.11. The van der Waals surface area contributed by atoms with Crippen LogP contribution >= 0.6 is 15.9 Å². The molecule has 1 aromatic heterocycles. The molecule has 1 aliphatic rings. The third-order valence-electron chi connectivity index (χ3n) is 2.95. The van der Waals surface area contributed by atoms with Crippen LogP contribution in [0, 0.1) is 5.92 Å². The Morgan fingerprint density at radius 3 is 3.12 bits per heavy atom. The predicted octanol–water partition coefficient (Wildman–Crippen LogP) is 0.881. The van der Waals surface area contributed by atoms with Gasteiger partial charge in [0.05, 0.1) is 5.56 Å². The van der Waals surface area contributed by atoms with Gasteiger partial charge >= 0.3 is 0 Å². The van der Waals surface area contributed by atoms with Gasteiger partial charge in [-0.1, -0.05) is 0 Å². The molecule has 17 heavy (non-hydrogen) atoms. The van der Waals surface area contributed by atoms with Crippen LogP contribution in [-0.4, -0.2) is 40.6 Å². The monoisotopic (exact) mass is 299 g/mol. The number of amides is 1. The summed E-state index contributed by atoms with van der Waals surface area (Å²) in [5, 5.41) is 9.05. The lowest BCUT2D eigenvalue weighted by molar-refractivity contribution is 0.0782. The van der Waals surface area contributed by atoms with Crippen LogP contribution in [-0.2, 0) is 0 Å². The zero-order valence-electron chi connectivity index (χ0n) is 9.27.